The maximum absolute atomic E-state index is 8.69. The molecule has 1 N–H and O–H groups in total. The van der Waals surface area contributed by atoms with Gasteiger partial charge in [-0.1, -0.05) is 12.2 Å². The summed E-state index contributed by atoms with van der Waals surface area (Å²) >= 11 is 0. The normalized spacial score (nSPS) is 9.88. The standard InChI is InChI=1S/C13H17N3O/c1-11(2)10-17-6-5-15-9-12-3-4-16-13(7-12)8-14/h3-4,7,15H,1,5-6,9-10H2,2H3. The van der Waals surface area contributed by atoms with E-state index in [1.54, 1.807) is 12.3 Å². The van der Waals surface area contributed by atoms with Gasteiger partial charge < -0.3 is 10.1 Å². The predicted octanol–water partition coefficient (Wildman–Crippen LogP) is 1.64. The van der Waals surface area contributed by atoms with Crippen LogP contribution in [0.1, 0.15) is 18.2 Å². The van der Waals surface area contributed by atoms with Crippen LogP contribution >= 0.6 is 0 Å². The Morgan fingerprint density at radius 2 is 2.47 bits per heavy atom. The first-order chi connectivity index (χ1) is 8.22. The van der Waals surface area contributed by atoms with Gasteiger partial charge in [-0.2, -0.15) is 5.26 Å². The molecule has 0 spiro atoms. The molecule has 0 aliphatic carbocycles. The maximum atomic E-state index is 8.69. The van der Waals surface area contributed by atoms with Crippen LogP contribution in [0, 0.1) is 11.3 Å². The third-order valence-electron chi connectivity index (χ3n) is 2.04. The maximum Gasteiger partial charge on any atom is 0.140 e. The molecule has 0 aliphatic heterocycles. The largest absolute Gasteiger partial charge is 0.376 e. The Balaban J connectivity index is 2.18. The molecule has 17 heavy (non-hydrogen) atoms. The highest BCUT2D eigenvalue weighted by molar-refractivity contribution is 5.25. The number of ether oxygens (including phenoxy) is 1. The molecule has 0 saturated heterocycles. The van der Waals surface area contributed by atoms with Crippen LogP contribution in [0.4, 0.5) is 0 Å². The van der Waals surface area contributed by atoms with E-state index in [4.69, 9.17) is 10.00 Å². The van der Waals surface area contributed by atoms with Gasteiger partial charge in [-0.3, -0.25) is 0 Å². The minimum Gasteiger partial charge on any atom is -0.376 e. The van der Waals surface area contributed by atoms with Gasteiger partial charge in [-0.05, 0) is 24.6 Å². The number of nitrogens with one attached hydrogen (secondary N) is 1. The first kappa shape index (κ1) is 13.4. The Labute approximate surface area is 102 Å². The fourth-order valence-corrected chi connectivity index (χ4v) is 1.27. The van der Waals surface area contributed by atoms with Gasteiger partial charge in [0.2, 0.25) is 0 Å². The summed E-state index contributed by atoms with van der Waals surface area (Å²) in [6.45, 7) is 8.45. The Kier molecular flexibility index (Phi) is 5.94. The number of nitriles is 1. The lowest BCUT2D eigenvalue weighted by Crippen LogP contribution is -2.19. The second-order valence-electron chi connectivity index (χ2n) is 3.85. The molecular weight excluding hydrogens is 214 g/mol. The molecule has 0 bridgehead atoms. The summed E-state index contributed by atoms with van der Waals surface area (Å²) in [5.41, 5.74) is 2.53. The molecule has 4 nitrogen and oxygen atoms in total. The molecule has 1 aromatic rings. The lowest BCUT2D eigenvalue weighted by molar-refractivity contribution is 0.158. The molecule has 90 valence electrons. The topological polar surface area (TPSA) is 57.9 Å². The van der Waals surface area contributed by atoms with E-state index in [-0.39, 0.29) is 0 Å². The van der Waals surface area contributed by atoms with Gasteiger partial charge in [0.1, 0.15) is 11.8 Å². The van der Waals surface area contributed by atoms with Crippen LogP contribution in [0.15, 0.2) is 30.5 Å². The van der Waals surface area contributed by atoms with Gasteiger partial charge in [-0.15, -0.1) is 0 Å². The summed E-state index contributed by atoms with van der Waals surface area (Å²) in [5, 5.41) is 11.9. The van der Waals surface area contributed by atoms with Crippen molar-refractivity contribution in [3.8, 4) is 6.07 Å². The summed E-state index contributed by atoms with van der Waals surface area (Å²) in [5.74, 6) is 0. The van der Waals surface area contributed by atoms with Crippen molar-refractivity contribution in [3.63, 3.8) is 0 Å². The Morgan fingerprint density at radius 3 is 3.18 bits per heavy atom. The lowest BCUT2D eigenvalue weighted by atomic mass is 10.2. The molecule has 0 atom stereocenters. The molecule has 0 aromatic carbocycles. The molecule has 0 radical (unpaired) electrons. The van der Waals surface area contributed by atoms with Crippen molar-refractivity contribution in [2.75, 3.05) is 19.8 Å². The second kappa shape index (κ2) is 7.55. The van der Waals surface area contributed by atoms with Crippen LogP contribution in [0.2, 0.25) is 0 Å². The number of pyridine rings is 1. The average molecular weight is 231 g/mol. The third-order valence-corrected chi connectivity index (χ3v) is 2.04. The van der Waals surface area contributed by atoms with Gasteiger partial charge >= 0.3 is 0 Å². The fourth-order valence-electron chi connectivity index (χ4n) is 1.27. The Morgan fingerprint density at radius 1 is 1.65 bits per heavy atom. The summed E-state index contributed by atoms with van der Waals surface area (Å²) in [6.07, 6.45) is 1.65. The molecule has 0 amide bonds. The lowest BCUT2D eigenvalue weighted by Gasteiger charge is -2.06. The quantitative estimate of drug-likeness (QED) is 0.572. The first-order valence-electron chi connectivity index (χ1n) is 5.50. The zero-order chi connectivity index (χ0) is 12.5. The predicted molar refractivity (Wildman–Crippen MR) is 66.3 cm³/mol. The van der Waals surface area contributed by atoms with Gasteiger partial charge in [0, 0.05) is 19.3 Å². The third kappa shape index (κ3) is 5.81. The van der Waals surface area contributed by atoms with Crippen molar-refractivity contribution in [2.45, 2.75) is 13.5 Å². The molecule has 1 rings (SSSR count). The monoisotopic (exact) mass is 231 g/mol. The summed E-state index contributed by atoms with van der Waals surface area (Å²) in [4.78, 5) is 3.91. The zero-order valence-corrected chi connectivity index (χ0v) is 10.1. The van der Waals surface area contributed by atoms with Crippen LogP contribution in [-0.4, -0.2) is 24.7 Å². The van der Waals surface area contributed by atoms with E-state index in [0.29, 0.717) is 25.5 Å². The summed E-state index contributed by atoms with van der Waals surface area (Å²) < 4.78 is 5.35. The van der Waals surface area contributed by atoms with E-state index in [2.05, 4.69) is 16.9 Å². The molecule has 0 saturated carbocycles. The van der Waals surface area contributed by atoms with Crippen LogP contribution in [0.5, 0.6) is 0 Å². The van der Waals surface area contributed by atoms with Gasteiger partial charge in [0.05, 0.1) is 13.2 Å². The van der Waals surface area contributed by atoms with E-state index < -0.39 is 0 Å². The van der Waals surface area contributed by atoms with Crippen LogP contribution in [0.25, 0.3) is 0 Å². The van der Waals surface area contributed by atoms with Crippen molar-refractivity contribution in [3.05, 3.63) is 41.7 Å². The average Bonchev–Trinajstić information content (AvgIpc) is 2.33. The van der Waals surface area contributed by atoms with Crippen molar-refractivity contribution < 1.29 is 4.74 Å². The molecule has 0 fully saturated rings. The summed E-state index contributed by atoms with van der Waals surface area (Å²) in [7, 11) is 0. The molecule has 4 heteroatoms. The highest BCUT2D eigenvalue weighted by Crippen LogP contribution is 1.99. The van der Waals surface area contributed by atoms with E-state index in [0.717, 1.165) is 17.7 Å². The number of nitrogens with zero attached hydrogens (tertiary/aromatic N) is 2. The van der Waals surface area contributed by atoms with E-state index in [9.17, 15) is 0 Å². The highest BCUT2D eigenvalue weighted by Gasteiger charge is 1.96. The van der Waals surface area contributed by atoms with E-state index in [1.807, 2.05) is 19.1 Å². The van der Waals surface area contributed by atoms with Crippen molar-refractivity contribution >= 4 is 0 Å². The molecular formula is C13H17N3O. The molecule has 1 aromatic heterocycles. The van der Waals surface area contributed by atoms with Crippen molar-refractivity contribution in [2.24, 2.45) is 0 Å². The highest BCUT2D eigenvalue weighted by atomic mass is 16.5. The number of hydrogen-bond acceptors (Lipinski definition) is 4. The van der Waals surface area contributed by atoms with Crippen LogP contribution < -0.4 is 5.32 Å². The first-order valence-corrected chi connectivity index (χ1v) is 5.50. The Hall–Kier alpha value is -1.70. The van der Waals surface area contributed by atoms with Crippen LogP contribution in [0.3, 0.4) is 0 Å². The van der Waals surface area contributed by atoms with E-state index >= 15 is 0 Å². The molecule has 0 unspecified atom stereocenters. The van der Waals surface area contributed by atoms with Crippen molar-refractivity contribution in [1.82, 2.24) is 10.3 Å². The SMILES string of the molecule is C=C(C)COCCNCc1ccnc(C#N)c1. The van der Waals surface area contributed by atoms with Gasteiger partial charge in [0.15, 0.2) is 0 Å². The van der Waals surface area contributed by atoms with Gasteiger partial charge in [-0.25, -0.2) is 4.98 Å². The summed E-state index contributed by atoms with van der Waals surface area (Å²) in [6, 6.07) is 5.69. The van der Waals surface area contributed by atoms with Crippen LogP contribution in [-0.2, 0) is 11.3 Å². The zero-order valence-electron chi connectivity index (χ0n) is 10.1. The van der Waals surface area contributed by atoms with Gasteiger partial charge in [0.25, 0.3) is 0 Å². The molecule has 0 aliphatic rings. The Bertz CT molecular complexity index is 409. The fraction of sp³-hybridized carbons (Fsp3) is 0.385. The number of aromatic nitrogens is 1. The number of rotatable bonds is 7. The number of hydrogen-bond donors (Lipinski definition) is 1. The minimum absolute atomic E-state index is 0.447. The second-order valence-corrected chi connectivity index (χ2v) is 3.85. The van der Waals surface area contributed by atoms with Crippen molar-refractivity contribution in [1.29, 1.82) is 5.26 Å². The van der Waals surface area contributed by atoms with E-state index in [1.165, 1.54) is 0 Å². The smallest absolute Gasteiger partial charge is 0.140 e. The molecule has 1 heterocycles. The minimum atomic E-state index is 0.447.